The van der Waals surface area contributed by atoms with Gasteiger partial charge in [0.25, 0.3) is 5.88 Å². The smallest absolute Gasteiger partial charge is 0.263 e. The van der Waals surface area contributed by atoms with Crippen molar-refractivity contribution < 1.29 is 9.53 Å². The van der Waals surface area contributed by atoms with Gasteiger partial charge in [0.1, 0.15) is 11.6 Å². The van der Waals surface area contributed by atoms with Gasteiger partial charge < -0.3 is 25.3 Å². The van der Waals surface area contributed by atoms with E-state index in [4.69, 9.17) is 15.9 Å². The molecule has 0 radical (unpaired) electrons. The van der Waals surface area contributed by atoms with Crippen LogP contribution in [-0.2, 0) is 0 Å². The summed E-state index contributed by atoms with van der Waals surface area (Å²) in [7, 11) is 0. The average Bonchev–Trinajstić information content (AvgIpc) is 3.28. The lowest BCUT2D eigenvalue weighted by molar-refractivity contribution is 0.103. The SMILES string of the molecule is CC(=N)N1CCN(c2nccnc2Oc2ccc(C(=O)c3nc4ccccc4[nH]3)cc2)C=C1N. The molecule has 34 heavy (non-hydrogen) atoms. The number of carbonyl (C=O) groups is 1. The van der Waals surface area contributed by atoms with Crippen molar-refractivity contribution in [3.8, 4) is 11.6 Å². The Balaban J connectivity index is 1.35. The first-order chi connectivity index (χ1) is 16.5. The molecule has 2 aromatic carbocycles. The van der Waals surface area contributed by atoms with Gasteiger partial charge in [-0.1, -0.05) is 12.1 Å². The van der Waals surface area contributed by atoms with Gasteiger partial charge in [-0.05, 0) is 43.3 Å². The Labute approximate surface area is 195 Å². The minimum atomic E-state index is -0.206. The minimum absolute atomic E-state index is 0.206. The number of hydrogen-bond donors (Lipinski definition) is 3. The third-order valence-electron chi connectivity index (χ3n) is 5.42. The molecule has 0 bridgehead atoms. The molecule has 3 heterocycles. The summed E-state index contributed by atoms with van der Waals surface area (Å²) in [5.41, 5.74) is 8.14. The first-order valence-corrected chi connectivity index (χ1v) is 10.6. The molecule has 0 atom stereocenters. The highest BCUT2D eigenvalue weighted by Crippen LogP contribution is 2.30. The molecule has 170 valence electrons. The summed E-state index contributed by atoms with van der Waals surface area (Å²) in [6.07, 6.45) is 4.84. The second-order valence-corrected chi connectivity index (χ2v) is 7.73. The summed E-state index contributed by atoms with van der Waals surface area (Å²) in [5.74, 6) is 2.23. The molecule has 0 amide bonds. The van der Waals surface area contributed by atoms with Crippen LogP contribution >= 0.6 is 0 Å². The van der Waals surface area contributed by atoms with Crippen LogP contribution < -0.4 is 15.4 Å². The normalized spacial score (nSPS) is 13.6. The van der Waals surface area contributed by atoms with Crippen LogP contribution in [0.4, 0.5) is 5.82 Å². The molecule has 0 saturated carbocycles. The van der Waals surface area contributed by atoms with E-state index in [2.05, 4.69) is 19.9 Å². The number of nitrogens with one attached hydrogen (secondary N) is 2. The number of amidine groups is 1. The van der Waals surface area contributed by atoms with E-state index in [1.54, 1.807) is 54.7 Å². The highest BCUT2D eigenvalue weighted by atomic mass is 16.5. The Morgan fingerprint density at radius 3 is 2.59 bits per heavy atom. The summed E-state index contributed by atoms with van der Waals surface area (Å²) in [4.78, 5) is 32.6. The average molecular weight is 454 g/mol. The Bertz CT molecular complexity index is 1380. The predicted octanol–water partition coefficient (Wildman–Crippen LogP) is 3.25. The number of fused-ring (bicyclic) bond motifs is 1. The van der Waals surface area contributed by atoms with Crippen LogP contribution in [-0.4, -0.2) is 49.5 Å². The molecule has 2 aromatic heterocycles. The zero-order valence-corrected chi connectivity index (χ0v) is 18.4. The Hall–Kier alpha value is -4.73. The maximum absolute atomic E-state index is 12.9. The number of carbonyl (C=O) groups excluding carboxylic acids is 1. The van der Waals surface area contributed by atoms with Gasteiger partial charge in [0.15, 0.2) is 11.6 Å². The molecule has 1 aliphatic rings. The molecule has 0 spiro atoms. The van der Waals surface area contributed by atoms with E-state index >= 15 is 0 Å². The number of ketones is 1. The number of nitrogens with zero attached hydrogens (tertiary/aromatic N) is 5. The van der Waals surface area contributed by atoms with Gasteiger partial charge in [-0.15, -0.1) is 0 Å². The van der Waals surface area contributed by atoms with Crippen LogP contribution in [0.3, 0.4) is 0 Å². The quantitative estimate of drug-likeness (QED) is 0.237. The van der Waals surface area contributed by atoms with E-state index in [-0.39, 0.29) is 11.6 Å². The maximum atomic E-state index is 12.9. The number of aromatic amines is 1. The summed E-state index contributed by atoms with van der Waals surface area (Å²) in [6, 6.07) is 14.3. The molecule has 10 nitrogen and oxygen atoms in total. The van der Waals surface area contributed by atoms with Crippen molar-refractivity contribution in [1.82, 2.24) is 24.8 Å². The van der Waals surface area contributed by atoms with Crippen LogP contribution in [0.25, 0.3) is 11.0 Å². The first kappa shape index (κ1) is 21.1. The van der Waals surface area contributed by atoms with Crippen molar-refractivity contribution >= 4 is 28.5 Å². The van der Waals surface area contributed by atoms with Crippen molar-refractivity contribution in [2.45, 2.75) is 6.92 Å². The number of benzene rings is 2. The van der Waals surface area contributed by atoms with E-state index in [1.165, 1.54) is 0 Å². The second kappa shape index (κ2) is 8.66. The molecule has 5 rings (SSSR count). The fraction of sp³-hybridized carbons (Fsp3) is 0.125. The molecule has 0 aliphatic carbocycles. The van der Waals surface area contributed by atoms with Gasteiger partial charge in [0.05, 0.1) is 16.9 Å². The van der Waals surface area contributed by atoms with Gasteiger partial charge in [0, 0.05) is 37.2 Å². The number of H-pyrrole nitrogens is 1. The zero-order valence-electron chi connectivity index (χ0n) is 18.4. The fourth-order valence-corrected chi connectivity index (χ4v) is 3.73. The summed E-state index contributed by atoms with van der Waals surface area (Å²) in [6.45, 7) is 2.80. The highest BCUT2D eigenvalue weighted by Gasteiger charge is 2.22. The van der Waals surface area contributed by atoms with Crippen LogP contribution in [0, 0.1) is 5.41 Å². The van der Waals surface area contributed by atoms with Crippen molar-refractivity contribution in [3.63, 3.8) is 0 Å². The molecule has 4 aromatic rings. The Kier molecular flexibility index (Phi) is 5.38. The van der Waals surface area contributed by atoms with E-state index in [1.807, 2.05) is 29.2 Å². The number of ether oxygens (including phenoxy) is 1. The lowest BCUT2D eigenvalue weighted by atomic mass is 10.1. The largest absolute Gasteiger partial charge is 0.436 e. The van der Waals surface area contributed by atoms with Gasteiger partial charge in [-0.2, -0.15) is 0 Å². The molecule has 0 unspecified atom stereocenters. The molecule has 4 N–H and O–H groups in total. The van der Waals surface area contributed by atoms with Gasteiger partial charge in [-0.3, -0.25) is 10.2 Å². The molecular weight excluding hydrogens is 432 g/mol. The van der Waals surface area contributed by atoms with E-state index in [0.717, 1.165) is 11.0 Å². The molecule has 1 aliphatic heterocycles. The first-order valence-electron chi connectivity index (χ1n) is 10.6. The lowest BCUT2D eigenvalue weighted by Crippen LogP contribution is -2.43. The summed E-state index contributed by atoms with van der Waals surface area (Å²) >= 11 is 0. The maximum Gasteiger partial charge on any atom is 0.263 e. The summed E-state index contributed by atoms with van der Waals surface area (Å²) < 4.78 is 5.98. The number of imidazole rings is 1. The van der Waals surface area contributed by atoms with Crippen LogP contribution in [0.15, 0.2) is 72.9 Å². The standard InChI is InChI=1S/C24H22N8O2/c1-15(25)32-13-12-31(14-20(32)26)23-24(28-11-10-27-23)34-17-8-6-16(7-9-17)21(33)22-29-18-4-2-3-5-19(18)30-22/h2-11,14,25H,12-13,26H2,1H3,(H,29,30). The van der Waals surface area contributed by atoms with Crippen molar-refractivity contribution in [3.05, 3.63) is 84.3 Å². The summed E-state index contributed by atoms with van der Waals surface area (Å²) in [5, 5.41) is 7.82. The Morgan fingerprint density at radius 1 is 1.09 bits per heavy atom. The molecular formula is C24H22N8O2. The number of aromatic nitrogens is 4. The van der Waals surface area contributed by atoms with Crippen LogP contribution in [0.5, 0.6) is 11.6 Å². The van der Waals surface area contributed by atoms with Crippen LogP contribution in [0.1, 0.15) is 23.1 Å². The monoisotopic (exact) mass is 454 g/mol. The molecule has 10 heteroatoms. The van der Waals surface area contributed by atoms with Crippen molar-refractivity contribution in [1.29, 1.82) is 5.41 Å². The van der Waals surface area contributed by atoms with Crippen molar-refractivity contribution in [2.24, 2.45) is 5.73 Å². The molecule has 0 saturated heterocycles. The minimum Gasteiger partial charge on any atom is -0.436 e. The highest BCUT2D eigenvalue weighted by molar-refractivity contribution is 6.08. The number of hydrogen-bond acceptors (Lipinski definition) is 8. The Morgan fingerprint density at radius 2 is 1.85 bits per heavy atom. The van der Waals surface area contributed by atoms with Gasteiger partial charge >= 0.3 is 0 Å². The molecule has 0 fully saturated rings. The third kappa shape index (κ3) is 4.04. The number of rotatable bonds is 5. The second-order valence-electron chi connectivity index (χ2n) is 7.73. The van der Waals surface area contributed by atoms with E-state index in [9.17, 15) is 4.79 Å². The fourth-order valence-electron chi connectivity index (χ4n) is 3.73. The number of para-hydroxylation sites is 2. The van der Waals surface area contributed by atoms with Gasteiger partial charge in [-0.25, -0.2) is 15.0 Å². The predicted molar refractivity (Wildman–Crippen MR) is 128 cm³/mol. The van der Waals surface area contributed by atoms with Crippen molar-refractivity contribution in [2.75, 3.05) is 18.0 Å². The zero-order chi connectivity index (χ0) is 23.7. The number of anilines is 1. The number of nitrogens with two attached hydrogens (primary N) is 1. The topological polar surface area (TPSA) is 137 Å². The van der Waals surface area contributed by atoms with Gasteiger partial charge in [0.2, 0.25) is 5.78 Å². The third-order valence-corrected chi connectivity index (χ3v) is 5.42. The lowest BCUT2D eigenvalue weighted by Gasteiger charge is -2.33. The van der Waals surface area contributed by atoms with Crippen LogP contribution in [0.2, 0.25) is 0 Å². The van der Waals surface area contributed by atoms with E-state index in [0.29, 0.717) is 47.8 Å². The van der Waals surface area contributed by atoms with E-state index < -0.39 is 0 Å².